The Morgan fingerprint density at radius 3 is 2.69 bits per heavy atom. The van der Waals surface area contributed by atoms with Gasteiger partial charge in [0.15, 0.2) is 0 Å². The number of amides is 1. The van der Waals surface area contributed by atoms with E-state index in [1.54, 1.807) is 0 Å². The number of hydrogen-bond acceptors (Lipinski definition) is 1. The van der Waals surface area contributed by atoms with E-state index in [4.69, 9.17) is 0 Å². The van der Waals surface area contributed by atoms with E-state index in [-0.39, 0.29) is 5.91 Å². The number of aryl methyl sites for hydroxylation is 1. The fraction of sp³-hybridized carbons (Fsp3) is 0.462. The molecule has 0 aromatic heterocycles. The standard InChI is InChI=1S/C13H18BrNO/c1-9(2)11-6-4-5-10(3)13(11)15-12(16)7-8-14/h4-6,9H,7-8H2,1-3H3,(H,15,16). The Hall–Kier alpha value is -0.830. The lowest BCUT2D eigenvalue weighted by Crippen LogP contribution is -2.14. The Morgan fingerprint density at radius 1 is 1.44 bits per heavy atom. The minimum atomic E-state index is 0.0630. The quantitative estimate of drug-likeness (QED) is 0.836. The third-order valence-electron chi connectivity index (χ3n) is 2.51. The normalized spacial score (nSPS) is 10.6. The zero-order valence-corrected chi connectivity index (χ0v) is 11.6. The zero-order valence-electron chi connectivity index (χ0n) is 10.0. The maximum Gasteiger partial charge on any atom is 0.225 e. The van der Waals surface area contributed by atoms with Gasteiger partial charge in [-0.15, -0.1) is 0 Å². The van der Waals surface area contributed by atoms with Crippen molar-refractivity contribution in [3.8, 4) is 0 Å². The molecule has 0 aliphatic heterocycles. The predicted molar refractivity (Wildman–Crippen MR) is 72.3 cm³/mol. The van der Waals surface area contributed by atoms with Crippen LogP contribution in [0.2, 0.25) is 0 Å². The summed E-state index contributed by atoms with van der Waals surface area (Å²) in [4.78, 5) is 11.6. The van der Waals surface area contributed by atoms with E-state index in [0.717, 1.165) is 11.3 Å². The van der Waals surface area contributed by atoms with Gasteiger partial charge in [0.2, 0.25) is 5.91 Å². The number of rotatable bonds is 4. The van der Waals surface area contributed by atoms with Crippen LogP contribution in [0.5, 0.6) is 0 Å². The van der Waals surface area contributed by atoms with Crippen LogP contribution in [0.3, 0.4) is 0 Å². The van der Waals surface area contributed by atoms with Crippen LogP contribution in [0.1, 0.15) is 37.3 Å². The molecule has 88 valence electrons. The Morgan fingerprint density at radius 2 is 2.12 bits per heavy atom. The van der Waals surface area contributed by atoms with Gasteiger partial charge in [-0.3, -0.25) is 4.79 Å². The van der Waals surface area contributed by atoms with Gasteiger partial charge in [-0.1, -0.05) is 48.0 Å². The summed E-state index contributed by atoms with van der Waals surface area (Å²) >= 11 is 3.27. The lowest BCUT2D eigenvalue weighted by molar-refractivity contribution is -0.115. The van der Waals surface area contributed by atoms with E-state index in [2.05, 4.69) is 41.2 Å². The van der Waals surface area contributed by atoms with Gasteiger partial charge in [-0.2, -0.15) is 0 Å². The number of alkyl halides is 1. The highest BCUT2D eigenvalue weighted by atomic mass is 79.9. The van der Waals surface area contributed by atoms with Crippen LogP contribution in [-0.4, -0.2) is 11.2 Å². The molecule has 0 aliphatic rings. The van der Waals surface area contributed by atoms with Gasteiger partial charge in [-0.25, -0.2) is 0 Å². The van der Waals surface area contributed by atoms with Crippen molar-refractivity contribution in [1.82, 2.24) is 0 Å². The highest BCUT2D eigenvalue weighted by molar-refractivity contribution is 9.09. The second kappa shape index (κ2) is 6.04. The molecule has 0 aliphatic carbocycles. The molecule has 0 saturated carbocycles. The molecule has 1 amide bonds. The van der Waals surface area contributed by atoms with E-state index in [0.29, 0.717) is 17.7 Å². The number of nitrogens with one attached hydrogen (secondary N) is 1. The second-order valence-corrected chi connectivity index (χ2v) is 4.97. The molecule has 0 spiro atoms. The third kappa shape index (κ3) is 3.34. The molecule has 16 heavy (non-hydrogen) atoms. The van der Waals surface area contributed by atoms with Crippen LogP contribution in [0, 0.1) is 6.92 Å². The summed E-state index contributed by atoms with van der Waals surface area (Å²) in [5.74, 6) is 0.479. The van der Waals surface area contributed by atoms with E-state index < -0.39 is 0 Å². The second-order valence-electron chi connectivity index (χ2n) is 4.18. The molecule has 0 unspecified atom stereocenters. The van der Waals surface area contributed by atoms with Crippen LogP contribution >= 0.6 is 15.9 Å². The molecule has 2 nitrogen and oxygen atoms in total. The van der Waals surface area contributed by atoms with Gasteiger partial charge in [0.25, 0.3) is 0 Å². The first-order chi connectivity index (χ1) is 7.56. The van der Waals surface area contributed by atoms with Crippen molar-refractivity contribution in [3.63, 3.8) is 0 Å². The molecule has 1 rings (SSSR count). The van der Waals surface area contributed by atoms with Crippen molar-refractivity contribution in [3.05, 3.63) is 29.3 Å². The molecule has 0 saturated heterocycles. The van der Waals surface area contributed by atoms with E-state index in [9.17, 15) is 4.79 Å². The lowest BCUT2D eigenvalue weighted by Gasteiger charge is -2.16. The number of benzene rings is 1. The Balaban J connectivity index is 2.97. The number of hydrogen-bond donors (Lipinski definition) is 1. The van der Waals surface area contributed by atoms with Crippen LogP contribution in [0.4, 0.5) is 5.69 Å². The topological polar surface area (TPSA) is 29.1 Å². The minimum Gasteiger partial charge on any atom is -0.326 e. The SMILES string of the molecule is Cc1cccc(C(C)C)c1NC(=O)CCBr. The summed E-state index contributed by atoms with van der Waals surface area (Å²) in [6.45, 7) is 6.29. The highest BCUT2D eigenvalue weighted by Gasteiger charge is 2.11. The van der Waals surface area contributed by atoms with Crippen LogP contribution < -0.4 is 5.32 Å². The summed E-state index contributed by atoms with van der Waals surface area (Å²) in [6, 6.07) is 6.13. The molecular formula is C13H18BrNO. The van der Waals surface area contributed by atoms with Crippen molar-refractivity contribution in [2.75, 3.05) is 10.6 Å². The van der Waals surface area contributed by atoms with Crippen molar-refractivity contribution >= 4 is 27.5 Å². The molecular weight excluding hydrogens is 266 g/mol. The average Bonchev–Trinajstić information content (AvgIpc) is 2.21. The number of para-hydroxylation sites is 1. The zero-order chi connectivity index (χ0) is 12.1. The van der Waals surface area contributed by atoms with Gasteiger partial charge in [0.05, 0.1) is 0 Å². The van der Waals surface area contributed by atoms with Gasteiger partial charge in [0, 0.05) is 17.4 Å². The van der Waals surface area contributed by atoms with E-state index in [1.807, 2.05) is 19.1 Å². The van der Waals surface area contributed by atoms with Crippen molar-refractivity contribution < 1.29 is 4.79 Å². The molecule has 3 heteroatoms. The minimum absolute atomic E-state index is 0.0630. The Labute approximate surface area is 106 Å². The first kappa shape index (κ1) is 13.2. The van der Waals surface area contributed by atoms with E-state index in [1.165, 1.54) is 5.56 Å². The van der Waals surface area contributed by atoms with Gasteiger partial charge < -0.3 is 5.32 Å². The first-order valence-electron chi connectivity index (χ1n) is 5.51. The smallest absolute Gasteiger partial charge is 0.225 e. The van der Waals surface area contributed by atoms with Crippen molar-refractivity contribution in [2.24, 2.45) is 0 Å². The largest absolute Gasteiger partial charge is 0.326 e. The highest BCUT2D eigenvalue weighted by Crippen LogP contribution is 2.27. The van der Waals surface area contributed by atoms with Crippen LogP contribution in [0.15, 0.2) is 18.2 Å². The van der Waals surface area contributed by atoms with Crippen molar-refractivity contribution in [2.45, 2.75) is 33.1 Å². The molecule has 1 aromatic rings. The monoisotopic (exact) mass is 283 g/mol. The number of carbonyl (C=O) groups excluding carboxylic acids is 1. The summed E-state index contributed by atoms with van der Waals surface area (Å²) < 4.78 is 0. The number of carbonyl (C=O) groups is 1. The first-order valence-corrected chi connectivity index (χ1v) is 6.63. The molecule has 0 bridgehead atoms. The van der Waals surface area contributed by atoms with Crippen LogP contribution in [0.25, 0.3) is 0 Å². The summed E-state index contributed by atoms with van der Waals surface area (Å²) in [7, 11) is 0. The summed E-state index contributed by atoms with van der Waals surface area (Å²) in [5, 5.41) is 3.69. The Kier molecular flexibility index (Phi) is 5.00. The van der Waals surface area contributed by atoms with Crippen LogP contribution in [-0.2, 0) is 4.79 Å². The maximum atomic E-state index is 11.6. The Bertz CT molecular complexity index is 374. The average molecular weight is 284 g/mol. The fourth-order valence-electron chi connectivity index (χ4n) is 1.63. The fourth-order valence-corrected chi connectivity index (χ4v) is 1.99. The molecule has 0 radical (unpaired) electrons. The molecule has 0 fully saturated rings. The third-order valence-corrected chi connectivity index (χ3v) is 2.91. The van der Waals surface area contributed by atoms with Gasteiger partial charge in [-0.05, 0) is 24.0 Å². The van der Waals surface area contributed by atoms with E-state index >= 15 is 0 Å². The molecule has 1 aromatic carbocycles. The molecule has 0 atom stereocenters. The van der Waals surface area contributed by atoms with Gasteiger partial charge >= 0.3 is 0 Å². The lowest BCUT2D eigenvalue weighted by atomic mass is 9.98. The van der Waals surface area contributed by atoms with Gasteiger partial charge in [0.1, 0.15) is 0 Å². The molecule has 0 heterocycles. The molecule has 1 N–H and O–H groups in total. The number of halogens is 1. The predicted octanol–water partition coefficient (Wildman–Crippen LogP) is 3.84. The maximum absolute atomic E-state index is 11.6. The summed E-state index contributed by atoms with van der Waals surface area (Å²) in [5.41, 5.74) is 3.29. The summed E-state index contributed by atoms with van der Waals surface area (Å²) in [6.07, 6.45) is 0.506. The number of anilines is 1. The van der Waals surface area contributed by atoms with Crippen molar-refractivity contribution in [1.29, 1.82) is 0 Å².